The van der Waals surface area contributed by atoms with Crippen LogP contribution < -0.4 is 17.2 Å². The molecule has 1 aliphatic heterocycles. The molecule has 2 fully saturated rings. The quantitative estimate of drug-likeness (QED) is 0.341. The first-order valence-electron chi connectivity index (χ1n) is 6.86. The molecule has 17 heavy (non-hydrogen) atoms. The van der Waals surface area contributed by atoms with Gasteiger partial charge in [0, 0.05) is 0 Å². The average molecular weight is 464 g/mol. The summed E-state index contributed by atoms with van der Waals surface area (Å²) in [6, 6.07) is 0. The SMILES string of the molecule is CC1CCC(OC2CCN(C[I-]I)CC2)CC1. The van der Waals surface area contributed by atoms with Crippen LogP contribution in [0.5, 0.6) is 0 Å². The predicted octanol–water partition coefficient (Wildman–Crippen LogP) is 0.443. The molecule has 0 spiro atoms. The molecule has 0 bridgehead atoms. The Balaban J connectivity index is 1.64. The third kappa shape index (κ3) is 5.10. The van der Waals surface area contributed by atoms with Gasteiger partial charge < -0.3 is 0 Å². The van der Waals surface area contributed by atoms with Crippen LogP contribution in [0.25, 0.3) is 0 Å². The number of hydrogen-bond acceptors (Lipinski definition) is 2. The molecule has 0 aromatic carbocycles. The van der Waals surface area contributed by atoms with Crippen molar-refractivity contribution in [2.24, 2.45) is 5.92 Å². The molecule has 2 nitrogen and oxygen atoms in total. The van der Waals surface area contributed by atoms with Gasteiger partial charge in [0.1, 0.15) is 0 Å². The van der Waals surface area contributed by atoms with E-state index in [0.29, 0.717) is 29.4 Å². The number of hydrogen-bond donors (Lipinski definition) is 0. The van der Waals surface area contributed by atoms with Crippen LogP contribution in [-0.4, -0.2) is 34.7 Å². The van der Waals surface area contributed by atoms with E-state index in [-0.39, 0.29) is 0 Å². The van der Waals surface area contributed by atoms with E-state index in [9.17, 15) is 0 Å². The van der Waals surface area contributed by atoms with E-state index in [4.69, 9.17) is 4.74 Å². The molecule has 0 radical (unpaired) electrons. The minimum absolute atomic E-state index is 0.400. The molecule has 102 valence electrons. The fourth-order valence-corrected chi connectivity index (χ4v) is 6.36. The number of likely N-dealkylation sites (tertiary alicyclic amines) is 1. The average Bonchev–Trinajstić information content (AvgIpc) is 2.35. The van der Waals surface area contributed by atoms with Crippen molar-refractivity contribution in [1.82, 2.24) is 4.90 Å². The Kier molecular flexibility index (Phi) is 6.82. The predicted molar refractivity (Wildman–Crippen MR) is 76.0 cm³/mol. The van der Waals surface area contributed by atoms with Gasteiger partial charge in [0.25, 0.3) is 0 Å². The molecule has 1 aliphatic carbocycles. The molecule has 0 N–H and O–H groups in total. The van der Waals surface area contributed by atoms with Crippen LogP contribution in [0.2, 0.25) is 0 Å². The van der Waals surface area contributed by atoms with Gasteiger partial charge in [-0.05, 0) is 0 Å². The number of nitrogens with zero attached hydrogens (tertiary/aromatic N) is 1. The monoisotopic (exact) mass is 464 g/mol. The zero-order valence-corrected chi connectivity index (χ0v) is 15.0. The summed E-state index contributed by atoms with van der Waals surface area (Å²) in [6.45, 7) is 4.93. The zero-order chi connectivity index (χ0) is 12.1. The van der Waals surface area contributed by atoms with Crippen molar-refractivity contribution in [3.05, 3.63) is 0 Å². The summed E-state index contributed by atoms with van der Waals surface area (Å²) in [7, 11) is 0. The van der Waals surface area contributed by atoms with E-state index in [1.807, 2.05) is 0 Å². The molecule has 2 rings (SSSR count). The molecule has 0 aromatic rings. The van der Waals surface area contributed by atoms with Gasteiger partial charge in [-0.2, -0.15) is 0 Å². The van der Waals surface area contributed by atoms with E-state index in [2.05, 4.69) is 30.4 Å². The van der Waals surface area contributed by atoms with Crippen molar-refractivity contribution in [2.75, 3.05) is 17.6 Å². The Morgan fingerprint density at radius 2 is 1.65 bits per heavy atom. The third-order valence-electron chi connectivity index (χ3n) is 4.10. The van der Waals surface area contributed by atoms with Crippen LogP contribution in [0.15, 0.2) is 0 Å². The Bertz CT molecular complexity index is 211. The summed E-state index contributed by atoms with van der Waals surface area (Å²) in [4.78, 5) is 2.63. The van der Waals surface area contributed by atoms with Gasteiger partial charge in [-0.15, -0.1) is 0 Å². The number of alkyl halides is 1. The molecular weight excluding hydrogens is 440 g/mol. The number of halogens is 2. The molecule has 1 saturated heterocycles. The maximum atomic E-state index is 6.29. The number of rotatable bonds is 4. The van der Waals surface area contributed by atoms with E-state index in [1.54, 1.807) is 0 Å². The van der Waals surface area contributed by atoms with Gasteiger partial charge in [-0.25, -0.2) is 0 Å². The molecular formula is C13H24I2NO-. The fraction of sp³-hybridized carbons (Fsp3) is 1.00. The fourth-order valence-electron chi connectivity index (χ4n) is 2.87. The second-order valence-corrected chi connectivity index (χ2v) is 10.7. The van der Waals surface area contributed by atoms with Crippen molar-refractivity contribution in [1.29, 1.82) is 0 Å². The van der Waals surface area contributed by atoms with E-state index >= 15 is 0 Å². The van der Waals surface area contributed by atoms with Crippen molar-refractivity contribution >= 4 is 18.6 Å². The first-order chi connectivity index (χ1) is 8.28. The third-order valence-corrected chi connectivity index (χ3v) is 7.05. The van der Waals surface area contributed by atoms with Crippen LogP contribution in [0.1, 0.15) is 45.4 Å². The Morgan fingerprint density at radius 1 is 1.06 bits per heavy atom. The van der Waals surface area contributed by atoms with Gasteiger partial charge >= 0.3 is 127 Å². The second kappa shape index (κ2) is 7.85. The Morgan fingerprint density at radius 3 is 2.24 bits per heavy atom. The van der Waals surface area contributed by atoms with Gasteiger partial charge in [0.15, 0.2) is 0 Å². The van der Waals surface area contributed by atoms with Gasteiger partial charge in [-0.3, -0.25) is 0 Å². The first kappa shape index (κ1) is 14.8. The summed E-state index contributed by atoms with van der Waals surface area (Å²) >= 11 is 2.98. The standard InChI is InChI=1S/C13H24I2NO/c1-11-2-4-12(5-3-11)17-13-6-8-16(9-7-13)10-15-14/h11-13H,2-10H2,1H3/q-1. The van der Waals surface area contributed by atoms with Gasteiger partial charge in [0.2, 0.25) is 0 Å². The molecule has 4 heteroatoms. The van der Waals surface area contributed by atoms with Crippen LogP contribution in [0.4, 0.5) is 0 Å². The van der Waals surface area contributed by atoms with Crippen LogP contribution in [0.3, 0.4) is 0 Å². The van der Waals surface area contributed by atoms with E-state index < -0.39 is 0 Å². The molecule has 2 aliphatic rings. The van der Waals surface area contributed by atoms with Crippen LogP contribution >= 0.6 is 18.6 Å². The van der Waals surface area contributed by atoms with Crippen LogP contribution in [0, 0.1) is 5.92 Å². The topological polar surface area (TPSA) is 12.5 Å². The summed E-state index contributed by atoms with van der Waals surface area (Å²) in [5.41, 5.74) is 0. The van der Waals surface area contributed by atoms with Gasteiger partial charge in [0.05, 0.1) is 0 Å². The summed E-state index contributed by atoms with van der Waals surface area (Å²) in [6.07, 6.45) is 9.06. The minimum atomic E-state index is 0.400. The molecule has 0 atom stereocenters. The first-order valence-corrected chi connectivity index (χ1v) is 14.7. The van der Waals surface area contributed by atoms with Crippen molar-refractivity contribution < 1.29 is 22.0 Å². The normalized spacial score (nSPS) is 33.1. The van der Waals surface area contributed by atoms with Crippen molar-refractivity contribution in [2.45, 2.75) is 57.7 Å². The zero-order valence-electron chi connectivity index (χ0n) is 10.7. The maximum absolute atomic E-state index is 6.29. The molecule has 1 saturated carbocycles. The summed E-state index contributed by atoms with van der Waals surface area (Å²) in [5.74, 6) is 0.935. The number of piperidine rings is 1. The molecule has 0 amide bonds. The summed E-state index contributed by atoms with van der Waals surface area (Å²) < 4.78 is 7.66. The van der Waals surface area contributed by atoms with E-state index in [1.165, 1.54) is 56.2 Å². The Hall–Kier alpha value is 1.38. The Labute approximate surface area is 126 Å². The molecule has 0 aromatic heterocycles. The molecule has 1 heterocycles. The summed E-state index contributed by atoms with van der Waals surface area (Å²) in [5, 5.41) is 0. The second-order valence-electron chi connectivity index (χ2n) is 5.56. The number of ether oxygens (including phenoxy) is 1. The van der Waals surface area contributed by atoms with Gasteiger partial charge in [-0.1, -0.05) is 0 Å². The van der Waals surface area contributed by atoms with Crippen LogP contribution in [-0.2, 0) is 4.74 Å². The van der Waals surface area contributed by atoms with E-state index in [0.717, 1.165) is 5.92 Å². The van der Waals surface area contributed by atoms with Crippen molar-refractivity contribution in [3.63, 3.8) is 0 Å². The van der Waals surface area contributed by atoms with Crippen molar-refractivity contribution in [3.8, 4) is 0 Å². The molecule has 0 unspecified atom stereocenters.